The number of allylic oxidation sites excluding steroid dienone is 1. The minimum absolute atomic E-state index is 0.355. The lowest BCUT2D eigenvalue weighted by Gasteiger charge is -2.32. The van der Waals surface area contributed by atoms with E-state index in [-0.39, 0.29) is 12.2 Å². The summed E-state index contributed by atoms with van der Waals surface area (Å²) in [5, 5.41) is 18.6. The molecule has 2 N–H and O–H groups in total. The van der Waals surface area contributed by atoms with Crippen molar-refractivity contribution in [3.8, 4) is 0 Å². The summed E-state index contributed by atoms with van der Waals surface area (Å²) in [4.78, 5) is 23.6. The SMILES string of the molecule is C[C@@]1(F)[C@H](O)C(CO)O[C@H]1N1C=CC(=O)CC1=O. The largest absolute Gasteiger partial charge is 0.394 e. The van der Waals surface area contributed by atoms with Crippen LogP contribution in [0.5, 0.6) is 0 Å². The molecule has 0 aliphatic carbocycles. The van der Waals surface area contributed by atoms with Crippen LogP contribution in [0.2, 0.25) is 0 Å². The summed E-state index contributed by atoms with van der Waals surface area (Å²) in [6, 6.07) is 0. The summed E-state index contributed by atoms with van der Waals surface area (Å²) < 4.78 is 19.5. The fourth-order valence-corrected chi connectivity index (χ4v) is 2.12. The molecule has 2 heterocycles. The van der Waals surface area contributed by atoms with E-state index in [1.807, 2.05) is 0 Å². The maximum absolute atomic E-state index is 14.4. The molecule has 1 saturated heterocycles. The number of ether oxygens (including phenoxy) is 1. The van der Waals surface area contributed by atoms with Crippen molar-refractivity contribution < 1.29 is 28.9 Å². The van der Waals surface area contributed by atoms with Gasteiger partial charge in [-0.3, -0.25) is 14.5 Å². The predicted molar refractivity (Wildman–Crippen MR) is 56.9 cm³/mol. The maximum Gasteiger partial charge on any atom is 0.236 e. The van der Waals surface area contributed by atoms with Gasteiger partial charge in [-0.15, -0.1) is 0 Å². The molecule has 6 nitrogen and oxygen atoms in total. The second-order valence-corrected chi connectivity index (χ2v) is 4.57. The first-order valence-electron chi connectivity index (χ1n) is 5.53. The average molecular weight is 259 g/mol. The number of nitrogens with zero attached hydrogens (tertiary/aromatic N) is 1. The van der Waals surface area contributed by atoms with Crippen LogP contribution in [0.1, 0.15) is 13.3 Å². The molecule has 2 rings (SSSR count). The maximum atomic E-state index is 14.4. The molecule has 2 aliphatic heterocycles. The molecule has 0 aromatic heterocycles. The van der Waals surface area contributed by atoms with Gasteiger partial charge in [0, 0.05) is 6.20 Å². The quantitative estimate of drug-likeness (QED) is 0.628. The van der Waals surface area contributed by atoms with E-state index in [4.69, 9.17) is 9.84 Å². The highest BCUT2D eigenvalue weighted by atomic mass is 19.1. The van der Waals surface area contributed by atoms with Gasteiger partial charge in [0.1, 0.15) is 12.2 Å². The number of aliphatic hydroxyl groups excluding tert-OH is 2. The lowest BCUT2D eigenvalue weighted by Crippen LogP contribution is -2.51. The Hall–Kier alpha value is -1.31. The van der Waals surface area contributed by atoms with Crippen LogP contribution < -0.4 is 0 Å². The number of hydrogen-bond acceptors (Lipinski definition) is 5. The van der Waals surface area contributed by atoms with Crippen molar-refractivity contribution in [1.82, 2.24) is 4.90 Å². The van der Waals surface area contributed by atoms with E-state index >= 15 is 0 Å². The number of ketones is 1. The number of aliphatic hydroxyl groups is 2. The van der Waals surface area contributed by atoms with Gasteiger partial charge < -0.3 is 14.9 Å². The number of rotatable bonds is 2. The monoisotopic (exact) mass is 259 g/mol. The van der Waals surface area contributed by atoms with Gasteiger partial charge in [-0.2, -0.15) is 0 Å². The molecule has 7 heteroatoms. The van der Waals surface area contributed by atoms with Crippen LogP contribution in [0.25, 0.3) is 0 Å². The Kier molecular flexibility index (Phi) is 3.22. The second-order valence-electron chi connectivity index (χ2n) is 4.57. The molecule has 0 radical (unpaired) electrons. The lowest BCUT2D eigenvalue weighted by atomic mass is 9.97. The molecular weight excluding hydrogens is 245 g/mol. The van der Waals surface area contributed by atoms with Crippen molar-refractivity contribution in [2.75, 3.05) is 6.61 Å². The first-order valence-corrected chi connectivity index (χ1v) is 5.53. The third-order valence-electron chi connectivity index (χ3n) is 3.18. The number of halogens is 1. The van der Waals surface area contributed by atoms with E-state index in [1.54, 1.807) is 0 Å². The number of hydrogen-bond donors (Lipinski definition) is 2. The van der Waals surface area contributed by atoms with Crippen molar-refractivity contribution in [2.45, 2.75) is 37.4 Å². The van der Waals surface area contributed by atoms with Gasteiger partial charge in [-0.25, -0.2) is 4.39 Å². The van der Waals surface area contributed by atoms with Gasteiger partial charge in [0.2, 0.25) is 5.91 Å². The minimum atomic E-state index is -2.21. The van der Waals surface area contributed by atoms with Crippen molar-refractivity contribution in [1.29, 1.82) is 0 Å². The van der Waals surface area contributed by atoms with E-state index in [0.717, 1.165) is 24.1 Å². The van der Waals surface area contributed by atoms with Crippen LogP contribution in [-0.4, -0.2) is 57.5 Å². The van der Waals surface area contributed by atoms with Crippen LogP contribution in [0.3, 0.4) is 0 Å². The Balaban J connectivity index is 2.26. The zero-order valence-corrected chi connectivity index (χ0v) is 9.75. The molecule has 4 atom stereocenters. The van der Waals surface area contributed by atoms with Crippen LogP contribution >= 0.6 is 0 Å². The topological polar surface area (TPSA) is 87.1 Å². The van der Waals surface area contributed by atoms with Crippen molar-refractivity contribution >= 4 is 11.7 Å². The normalized spacial score (nSPS) is 40.7. The number of carbonyl (C=O) groups excluding carboxylic acids is 2. The standard InChI is InChI=1S/C11H14FNO5/c1-11(12)9(17)7(5-14)18-10(11)13-3-2-6(15)4-8(13)16/h2-3,7,9-10,14,17H,4-5H2,1H3/t7?,9-,10-,11-/m1/s1. The molecule has 100 valence electrons. The number of carbonyl (C=O) groups is 2. The molecule has 1 unspecified atom stereocenters. The van der Waals surface area contributed by atoms with Gasteiger partial charge in [0.15, 0.2) is 17.7 Å². The number of alkyl halides is 1. The molecule has 18 heavy (non-hydrogen) atoms. The zero-order valence-electron chi connectivity index (χ0n) is 9.75. The van der Waals surface area contributed by atoms with Gasteiger partial charge in [-0.05, 0) is 13.0 Å². The predicted octanol–water partition coefficient (Wildman–Crippen LogP) is -0.892. The molecule has 1 amide bonds. The molecule has 0 bridgehead atoms. The van der Waals surface area contributed by atoms with Crippen molar-refractivity contribution in [2.24, 2.45) is 0 Å². The highest BCUT2D eigenvalue weighted by molar-refractivity contribution is 6.06. The fraction of sp³-hybridized carbons (Fsp3) is 0.636. The minimum Gasteiger partial charge on any atom is -0.394 e. The Bertz CT molecular complexity index is 408. The summed E-state index contributed by atoms with van der Waals surface area (Å²) in [5.41, 5.74) is -2.21. The Morgan fingerprint density at radius 3 is 2.78 bits per heavy atom. The molecule has 2 aliphatic rings. The zero-order chi connectivity index (χ0) is 13.5. The van der Waals surface area contributed by atoms with E-state index in [1.165, 1.54) is 0 Å². The highest BCUT2D eigenvalue weighted by Crippen LogP contribution is 2.37. The molecule has 0 aromatic rings. The summed E-state index contributed by atoms with van der Waals surface area (Å²) in [6.45, 7) is 0.539. The van der Waals surface area contributed by atoms with Crippen LogP contribution in [0, 0.1) is 0 Å². The third kappa shape index (κ3) is 1.94. The van der Waals surface area contributed by atoms with E-state index in [9.17, 15) is 19.1 Å². The lowest BCUT2D eigenvalue weighted by molar-refractivity contribution is -0.150. The molecule has 0 aromatic carbocycles. The van der Waals surface area contributed by atoms with E-state index < -0.39 is 36.6 Å². The fourth-order valence-electron chi connectivity index (χ4n) is 2.12. The van der Waals surface area contributed by atoms with E-state index in [0.29, 0.717) is 0 Å². The molecule has 0 spiro atoms. The van der Waals surface area contributed by atoms with Gasteiger partial charge in [0.05, 0.1) is 13.0 Å². The van der Waals surface area contributed by atoms with Crippen molar-refractivity contribution in [3.63, 3.8) is 0 Å². The first kappa shape index (κ1) is 13.1. The van der Waals surface area contributed by atoms with Crippen molar-refractivity contribution in [3.05, 3.63) is 12.3 Å². The van der Waals surface area contributed by atoms with Gasteiger partial charge >= 0.3 is 0 Å². The molecule has 0 saturated carbocycles. The van der Waals surface area contributed by atoms with E-state index in [2.05, 4.69) is 0 Å². The Morgan fingerprint density at radius 2 is 2.28 bits per heavy atom. The van der Waals surface area contributed by atoms with Crippen LogP contribution in [-0.2, 0) is 14.3 Å². The summed E-state index contributed by atoms with van der Waals surface area (Å²) in [7, 11) is 0. The third-order valence-corrected chi connectivity index (χ3v) is 3.18. The second kappa shape index (κ2) is 4.42. The molecule has 1 fully saturated rings. The van der Waals surface area contributed by atoms with Gasteiger partial charge in [-0.1, -0.05) is 0 Å². The summed E-state index contributed by atoms with van der Waals surface area (Å²) in [6.07, 6.45) is -2.04. The summed E-state index contributed by atoms with van der Waals surface area (Å²) >= 11 is 0. The molecular formula is C11H14FNO5. The Morgan fingerprint density at radius 1 is 1.61 bits per heavy atom. The van der Waals surface area contributed by atoms with Gasteiger partial charge in [0.25, 0.3) is 0 Å². The summed E-state index contributed by atoms with van der Waals surface area (Å²) in [5.74, 6) is -0.962. The van der Waals surface area contributed by atoms with Crippen LogP contribution in [0.15, 0.2) is 12.3 Å². The average Bonchev–Trinajstić information content (AvgIpc) is 2.52. The number of amides is 1. The first-order chi connectivity index (χ1) is 8.37. The highest BCUT2D eigenvalue weighted by Gasteiger charge is 2.56. The Labute approximate surface area is 103 Å². The van der Waals surface area contributed by atoms with Crippen LogP contribution in [0.4, 0.5) is 4.39 Å². The smallest absolute Gasteiger partial charge is 0.236 e.